The number of nitrogens with zero attached hydrogens (tertiary/aromatic N) is 2. The third-order valence-electron chi connectivity index (χ3n) is 4.90. The van der Waals surface area contributed by atoms with Gasteiger partial charge in [-0.25, -0.2) is 0 Å². The van der Waals surface area contributed by atoms with Crippen molar-refractivity contribution in [2.75, 3.05) is 7.11 Å². The van der Waals surface area contributed by atoms with E-state index >= 15 is 0 Å². The molecule has 2 aromatic rings. The first-order valence-corrected chi connectivity index (χ1v) is 9.69. The van der Waals surface area contributed by atoms with E-state index in [0.717, 1.165) is 29.1 Å². The third-order valence-corrected chi connectivity index (χ3v) is 4.90. The molecule has 1 N–H and O–H groups in total. The van der Waals surface area contributed by atoms with Gasteiger partial charge in [0, 0.05) is 24.2 Å². The van der Waals surface area contributed by atoms with E-state index in [1.807, 2.05) is 32.9 Å². The first-order chi connectivity index (χ1) is 12.7. The molecule has 148 valence electrons. The van der Waals surface area contributed by atoms with Crippen LogP contribution in [0.2, 0.25) is 0 Å². The van der Waals surface area contributed by atoms with Crippen molar-refractivity contribution in [1.82, 2.24) is 15.1 Å². The van der Waals surface area contributed by atoms with Crippen molar-refractivity contribution in [3.63, 3.8) is 0 Å². The molecule has 1 unspecified atom stereocenters. The number of carbonyl (C=O) groups is 1. The number of rotatable bonds is 8. The first-order valence-electron chi connectivity index (χ1n) is 9.69. The van der Waals surface area contributed by atoms with Crippen molar-refractivity contribution in [2.24, 2.45) is 5.92 Å². The van der Waals surface area contributed by atoms with Gasteiger partial charge in [-0.3, -0.25) is 9.48 Å². The average Bonchev–Trinajstić information content (AvgIpc) is 2.85. The summed E-state index contributed by atoms with van der Waals surface area (Å²) in [4.78, 5) is 12.5. The van der Waals surface area contributed by atoms with Crippen LogP contribution in [0.15, 0.2) is 18.2 Å². The Hall–Kier alpha value is -2.30. The van der Waals surface area contributed by atoms with E-state index in [1.54, 1.807) is 7.11 Å². The third kappa shape index (κ3) is 5.34. The number of benzene rings is 1. The fourth-order valence-corrected chi connectivity index (χ4v) is 3.44. The molecule has 0 aliphatic rings. The van der Waals surface area contributed by atoms with Crippen molar-refractivity contribution in [3.05, 3.63) is 46.3 Å². The van der Waals surface area contributed by atoms with E-state index in [1.165, 1.54) is 11.3 Å². The summed E-state index contributed by atoms with van der Waals surface area (Å²) in [6.07, 6.45) is 1.16. The molecule has 0 saturated heterocycles. The molecule has 0 bridgehead atoms. The summed E-state index contributed by atoms with van der Waals surface area (Å²) < 4.78 is 7.50. The van der Waals surface area contributed by atoms with E-state index in [-0.39, 0.29) is 11.9 Å². The van der Waals surface area contributed by atoms with E-state index in [0.29, 0.717) is 18.8 Å². The lowest BCUT2D eigenvalue weighted by atomic mass is 10.0. The van der Waals surface area contributed by atoms with E-state index in [4.69, 9.17) is 4.74 Å². The molecule has 5 nitrogen and oxygen atoms in total. The van der Waals surface area contributed by atoms with Crippen molar-refractivity contribution in [1.29, 1.82) is 0 Å². The molecule has 0 saturated carbocycles. The summed E-state index contributed by atoms with van der Waals surface area (Å²) in [5.74, 6) is 1.39. The van der Waals surface area contributed by atoms with Gasteiger partial charge < -0.3 is 10.1 Å². The van der Waals surface area contributed by atoms with Crippen LogP contribution in [0.4, 0.5) is 0 Å². The number of carbonyl (C=O) groups excluding carboxylic acids is 1. The molecule has 1 heterocycles. The monoisotopic (exact) mass is 371 g/mol. The lowest BCUT2D eigenvalue weighted by molar-refractivity contribution is -0.121. The molecule has 2 rings (SSSR count). The number of hydrogen-bond acceptors (Lipinski definition) is 3. The second kappa shape index (κ2) is 9.07. The number of amides is 1. The van der Waals surface area contributed by atoms with Crippen LogP contribution in [0.25, 0.3) is 0 Å². The first kappa shape index (κ1) is 21.0. The minimum absolute atomic E-state index is 0.0430. The summed E-state index contributed by atoms with van der Waals surface area (Å²) in [5.41, 5.74) is 5.53. The molecule has 1 aromatic heterocycles. The zero-order chi connectivity index (χ0) is 20.1. The van der Waals surface area contributed by atoms with Crippen LogP contribution < -0.4 is 10.1 Å². The minimum Gasteiger partial charge on any atom is -0.496 e. The van der Waals surface area contributed by atoms with Crippen LogP contribution in [0.1, 0.15) is 61.3 Å². The van der Waals surface area contributed by atoms with E-state index in [9.17, 15) is 4.79 Å². The maximum Gasteiger partial charge on any atom is 0.220 e. The highest BCUT2D eigenvalue weighted by Gasteiger charge is 2.17. The van der Waals surface area contributed by atoms with Gasteiger partial charge in [-0.05, 0) is 51.7 Å². The molecular formula is C22H33N3O2. The molecular weight excluding hydrogens is 338 g/mol. The highest BCUT2D eigenvalue weighted by atomic mass is 16.5. The van der Waals surface area contributed by atoms with Crippen molar-refractivity contribution >= 4 is 5.91 Å². The SMILES string of the molecule is COc1ccc(C)cc1C(C)NC(=O)CCc1c(C)nn(CC(C)C)c1C. The lowest BCUT2D eigenvalue weighted by Gasteiger charge is -2.18. The fourth-order valence-electron chi connectivity index (χ4n) is 3.44. The Morgan fingerprint density at radius 1 is 1.22 bits per heavy atom. The zero-order valence-corrected chi connectivity index (χ0v) is 17.7. The Morgan fingerprint density at radius 3 is 2.56 bits per heavy atom. The number of ether oxygens (including phenoxy) is 1. The number of aromatic nitrogens is 2. The number of hydrogen-bond donors (Lipinski definition) is 1. The van der Waals surface area contributed by atoms with Crippen LogP contribution in [0.5, 0.6) is 5.75 Å². The van der Waals surface area contributed by atoms with E-state index < -0.39 is 0 Å². The van der Waals surface area contributed by atoms with Crippen molar-refractivity contribution in [2.45, 2.75) is 67.0 Å². The molecule has 27 heavy (non-hydrogen) atoms. The Labute approximate surface area is 163 Å². The Kier molecular flexibility index (Phi) is 7.05. The van der Waals surface area contributed by atoms with Crippen LogP contribution in [-0.2, 0) is 17.8 Å². The molecule has 0 radical (unpaired) electrons. The minimum atomic E-state index is -0.0989. The second-order valence-corrected chi connectivity index (χ2v) is 7.76. The van der Waals surface area contributed by atoms with Crippen LogP contribution in [0.3, 0.4) is 0 Å². The summed E-state index contributed by atoms with van der Waals surface area (Å²) >= 11 is 0. The summed E-state index contributed by atoms with van der Waals surface area (Å²) in [6, 6.07) is 5.92. The number of aryl methyl sites for hydroxylation is 2. The molecule has 0 aliphatic heterocycles. The van der Waals surface area contributed by atoms with Crippen LogP contribution in [0, 0.1) is 26.7 Å². The zero-order valence-electron chi connectivity index (χ0n) is 17.7. The average molecular weight is 372 g/mol. The van der Waals surface area contributed by atoms with Crippen LogP contribution >= 0.6 is 0 Å². The largest absolute Gasteiger partial charge is 0.496 e. The van der Waals surface area contributed by atoms with Gasteiger partial charge in [-0.2, -0.15) is 5.10 Å². The molecule has 1 aromatic carbocycles. The quantitative estimate of drug-likeness (QED) is 0.753. The summed E-state index contributed by atoms with van der Waals surface area (Å²) in [5, 5.41) is 7.74. The number of methoxy groups -OCH3 is 1. The molecule has 1 amide bonds. The topological polar surface area (TPSA) is 56.1 Å². The standard InChI is InChI=1S/C22H33N3O2/c1-14(2)13-25-18(6)19(17(5)24-25)9-11-22(26)23-16(4)20-12-15(3)8-10-21(20)27-7/h8,10,12,14,16H,9,11,13H2,1-7H3,(H,23,26). The maximum absolute atomic E-state index is 12.5. The molecule has 0 spiro atoms. The van der Waals surface area contributed by atoms with Gasteiger partial charge in [0.1, 0.15) is 5.75 Å². The molecule has 0 aliphatic carbocycles. The molecule has 0 fully saturated rings. The van der Waals surface area contributed by atoms with Gasteiger partial charge in [0.2, 0.25) is 5.91 Å². The van der Waals surface area contributed by atoms with Gasteiger partial charge in [-0.1, -0.05) is 31.5 Å². The lowest BCUT2D eigenvalue weighted by Crippen LogP contribution is -2.27. The highest BCUT2D eigenvalue weighted by Crippen LogP contribution is 2.26. The fraction of sp³-hybridized carbons (Fsp3) is 0.545. The Balaban J connectivity index is 2.01. The second-order valence-electron chi connectivity index (χ2n) is 7.76. The predicted molar refractivity (Wildman–Crippen MR) is 109 cm³/mol. The Morgan fingerprint density at radius 2 is 1.93 bits per heavy atom. The van der Waals surface area contributed by atoms with Gasteiger partial charge in [0.15, 0.2) is 0 Å². The van der Waals surface area contributed by atoms with Gasteiger partial charge in [-0.15, -0.1) is 0 Å². The van der Waals surface area contributed by atoms with Crippen molar-refractivity contribution in [3.8, 4) is 5.75 Å². The van der Waals surface area contributed by atoms with Gasteiger partial charge in [0.25, 0.3) is 0 Å². The maximum atomic E-state index is 12.5. The number of nitrogens with one attached hydrogen (secondary N) is 1. The summed E-state index contributed by atoms with van der Waals surface area (Å²) in [6.45, 7) is 13.4. The van der Waals surface area contributed by atoms with Crippen LogP contribution in [-0.4, -0.2) is 22.8 Å². The van der Waals surface area contributed by atoms with Gasteiger partial charge in [0.05, 0.1) is 18.8 Å². The predicted octanol–water partition coefficient (Wildman–Crippen LogP) is 4.28. The Bertz CT molecular complexity index is 793. The van der Waals surface area contributed by atoms with Gasteiger partial charge >= 0.3 is 0 Å². The highest BCUT2D eigenvalue weighted by molar-refractivity contribution is 5.76. The van der Waals surface area contributed by atoms with Crippen molar-refractivity contribution < 1.29 is 9.53 Å². The smallest absolute Gasteiger partial charge is 0.220 e. The van der Waals surface area contributed by atoms with E-state index in [2.05, 4.69) is 41.9 Å². The summed E-state index contributed by atoms with van der Waals surface area (Å²) in [7, 11) is 1.66. The normalized spacial score (nSPS) is 12.3. The molecule has 1 atom stereocenters. The molecule has 5 heteroatoms.